The maximum absolute atomic E-state index is 4.69. The molecule has 5 heteroatoms. The third-order valence-electron chi connectivity index (χ3n) is 2.60. The maximum atomic E-state index is 4.69. The average molecular weight is 280 g/mol. The minimum atomic E-state index is 0.464. The summed E-state index contributed by atoms with van der Waals surface area (Å²) < 4.78 is 6.52. The summed E-state index contributed by atoms with van der Waals surface area (Å²) in [6, 6.07) is 0. The van der Waals surface area contributed by atoms with E-state index in [2.05, 4.69) is 40.5 Å². The van der Waals surface area contributed by atoms with Crippen LogP contribution in [0.5, 0.6) is 0 Å². The van der Waals surface area contributed by atoms with Crippen LogP contribution in [0.4, 0.5) is 0 Å². The van der Waals surface area contributed by atoms with Crippen molar-refractivity contribution in [2.24, 2.45) is 7.05 Å². The zero-order valence-electron chi connectivity index (χ0n) is 14.1. The first-order valence-electron chi connectivity index (χ1n) is 7.23. The second kappa shape index (κ2) is 9.28. The van der Waals surface area contributed by atoms with Gasteiger partial charge in [0.15, 0.2) is 0 Å². The zero-order valence-corrected chi connectivity index (χ0v) is 14.1. The highest BCUT2D eigenvalue weighted by atomic mass is 16.5. The van der Waals surface area contributed by atoms with Gasteiger partial charge in [-0.05, 0) is 20.3 Å². The molecule has 0 N–H and O–H groups in total. The Morgan fingerprint density at radius 1 is 1.25 bits per heavy atom. The van der Waals surface area contributed by atoms with E-state index in [1.807, 2.05) is 39.4 Å². The monoisotopic (exact) mass is 280 g/mol. The molecule has 5 nitrogen and oxygen atoms in total. The van der Waals surface area contributed by atoms with E-state index in [0.29, 0.717) is 5.92 Å². The lowest BCUT2D eigenvalue weighted by Gasteiger charge is -2.00. The van der Waals surface area contributed by atoms with Gasteiger partial charge in [0.25, 0.3) is 0 Å². The van der Waals surface area contributed by atoms with Crippen molar-refractivity contribution in [3.05, 3.63) is 29.2 Å². The van der Waals surface area contributed by atoms with Crippen LogP contribution in [0.1, 0.15) is 63.4 Å². The predicted molar refractivity (Wildman–Crippen MR) is 81.8 cm³/mol. The molecule has 2 rings (SSSR count). The third-order valence-corrected chi connectivity index (χ3v) is 2.60. The predicted octanol–water partition coefficient (Wildman–Crippen LogP) is 3.82. The van der Waals surface area contributed by atoms with Gasteiger partial charge in [-0.3, -0.25) is 4.68 Å². The van der Waals surface area contributed by atoms with Gasteiger partial charge in [0.05, 0.1) is 5.69 Å². The van der Waals surface area contributed by atoms with E-state index in [4.69, 9.17) is 0 Å². The molecule has 0 spiro atoms. The lowest BCUT2D eigenvalue weighted by atomic mass is 10.2. The smallest absolute Gasteiger partial charge is 0.147 e. The van der Waals surface area contributed by atoms with Gasteiger partial charge in [0.2, 0.25) is 0 Å². The molecule has 0 aliphatic heterocycles. The van der Waals surface area contributed by atoms with Crippen LogP contribution in [0.25, 0.3) is 0 Å². The standard InChI is InChI=1S/C7H13N3.C6H9NO.C2H6/c1-5(2)7-8-6(3)9-10(7)4;1-3-6-5(2)4-8-7-6;1-2/h5H,1-4H3;4H,3H2,1-2H3;1-2H3. The molecule has 2 heterocycles. The van der Waals surface area contributed by atoms with Crippen LogP contribution >= 0.6 is 0 Å². The van der Waals surface area contributed by atoms with Crippen molar-refractivity contribution in [1.29, 1.82) is 0 Å². The summed E-state index contributed by atoms with van der Waals surface area (Å²) >= 11 is 0. The summed E-state index contributed by atoms with van der Waals surface area (Å²) in [7, 11) is 1.93. The molecular formula is C15H28N4O. The molecule has 0 saturated carbocycles. The van der Waals surface area contributed by atoms with Crippen molar-refractivity contribution in [3.8, 4) is 0 Å². The molecule has 0 amide bonds. The largest absolute Gasteiger partial charge is 0.364 e. The molecular weight excluding hydrogens is 252 g/mol. The van der Waals surface area contributed by atoms with Gasteiger partial charge < -0.3 is 4.52 Å². The Morgan fingerprint density at radius 3 is 2.05 bits per heavy atom. The summed E-state index contributed by atoms with van der Waals surface area (Å²) in [5.74, 6) is 2.37. The fourth-order valence-corrected chi connectivity index (χ4v) is 1.68. The molecule has 0 saturated heterocycles. The number of rotatable bonds is 2. The second-order valence-corrected chi connectivity index (χ2v) is 4.59. The van der Waals surface area contributed by atoms with Crippen molar-refractivity contribution in [3.63, 3.8) is 0 Å². The van der Waals surface area contributed by atoms with Crippen molar-refractivity contribution in [1.82, 2.24) is 19.9 Å². The molecule has 0 unspecified atom stereocenters. The normalized spacial score (nSPS) is 9.65. The Balaban J connectivity index is 0.000000327. The first-order valence-corrected chi connectivity index (χ1v) is 7.23. The number of aryl methyl sites for hydroxylation is 4. The van der Waals surface area contributed by atoms with E-state index in [-0.39, 0.29) is 0 Å². The van der Waals surface area contributed by atoms with E-state index < -0.39 is 0 Å². The fraction of sp³-hybridized carbons (Fsp3) is 0.667. The summed E-state index contributed by atoms with van der Waals surface area (Å²) in [6.07, 6.45) is 2.63. The molecule has 2 aromatic rings. The van der Waals surface area contributed by atoms with Gasteiger partial charge in [-0.1, -0.05) is 39.8 Å². The Bertz CT molecular complexity index is 486. The van der Waals surface area contributed by atoms with Crippen molar-refractivity contribution in [2.45, 2.75) is 60.8 Å². The van der Waals surface area contributed by atoms with Crippen molar-refractivity contribution < 1.29 is 4.52 Å². The van der Waals surface area contributed by atoms with Crippen LogP contribution < -0.4 is 0 Å². The Morgan fingerprint density at radius 2 is 1.85 bits per heavy atom. The number of hydrogen-bond acceptors (Lipinski definition) is 4. The van der Waals surface area contributed by atoms with Crippen LogP contribution in [-0.2, 0) is 13.5 Å². The lowest BCUT2D eigenvalue weighted by Crippen LogP contribution is -2.00. The highest BCUT2D eigenvalue weighted by Gasteiger charge is 2.06. The maximum Gasteiger partial charge on any atom is 0.147 e. The molecule has 0 aliphatic carbocycles. The Labute approximate surface area is 122 Å². The number of aromatic nitrogens is 4. The van der Waals surface area contributed by atoms with E-state index in [1.165, 1.54) is 0 Å². The minimum Gasteiger partial charge on any atom is -0.364 e. The molecule has 20 heavy (non-hydrogen) atoms. The third kappa shape index (κ3) is 5.55. The van der Waals surface area contributed by atoms with Gasteiger partial charge in [0, 0.05) is 18.5 Å². The van der Waals surface area contributed by atoms with Crippen molar-refractivity contribution >= 4 is 0 Å². The van der Waals surface area contributed by atoms with Crippen LogP contribution in [-0.4, -0.2) is 19.9 Å². The number of hydrogen-bond donors (Lipinski definition) is 0. The summed E-state index contributed by atoms with van der Waals surface area (Å²) in [5.41, 5.74) is 2.21. The lowest BCUT2D eigenvalue weighted by molar-refractivity contribution is 0.412. The number of nitrogens with zero attached hydrogens (tertiary/aromatic N) is 4. The van der Waals surface area contributed by atoms with Crippen LogP contribution in [0.15, 0.2) is 10.8 Å². The topological polar surface area (TPSA) is 56.7 Å². The van der Waals surface area contributed by atoms with E-state index in [1.54, 1.807) is 6.26 Å². The van der Waals surface area contributed by atoms with E-state index in [9.17, 15) is 0 Å². The fourth-order valence-electron chi connectivity index (χ4n) is 1.68. The molecule has 114 valence electrons. The SMILES string of the molecule is CC.CCc1nocc1C.Cc1nc(C(C)C)n(C)n1. The van der Waals surface area contributed by atoms with Crippen LogP contribution in [0, 0.1) is 13.8 Å². The summed E-state index contributed by atoms with van der Waals surface area (Å²) in [4.78, 5) is 4.26. The molecule has 0 atom stereocenters. The van der Waals surface area contributed by atoms with Crippen LogP contribution in [0.2, 0.25) is 0 Å². The van der Waals surface area contributed by atoms with Crippen molar-refractivity contribution in [2.75, 3.05) is 0 Å². The van der Waals surface area contributed by atoms with E-state index >= 15 is 0 Å². The molecule has 0 aromatic carbocycles. The summed E-state index contributed by atoms with van der Waals surface area (Å²) in [6.45, 7) is 14.2. The van der Waals surface area contributed by atoms with Gasteiger partial charge >= 0.3 is 0 Å². The zero-order chi connectivity index (χ0) is 15.7. The van der Waals surface area contributed by atoms with Gasteiger partial charge in [-0.2, -0.15) is 5.10 Å². The minimum absolute atomic E-state index is 0.464. The molecule has 0 aliphatic rings. The first-order chi connectivity index (χ1) is 9.45. The average Bonchev–Trinajstić information content (AvgIpc) is 2.98. The molecule has 0 radical (unpaired) electrons. The highest BCUT2D eigenvalue weighted by Crippen LogP contribution is 2.09. The molecule has 0 fully saturated rings. The Hall–Kier alpha value is -1.65. The molecule has 0 bridgehead atoms. The first kappa shape index (κ1) is 18.4. The van der Waals surface area contributed by atoms with Crippen LogP contribution in [0.3, 0.4) is 0 Å². The molecule has 2 aromatic heterocycles. The van der Waals surface area contributed by atoms with Gasteiger partial charge in [-0.25, -0.2) is 4.98 Å². The second-order valence-electron chi connectivity index (χ2n) is 4.59. The quantitative estimate of drug-likeness (QED) is 0.839. The summed E-state index contributed by atoms with van der Waals surface area (Å²) in [5, 5.41) is 7.90. The Kier molecular flexibility index (Phi) is 8.52. The van der Waals surface area contributed by atoms with Gasteiger partial charge in [0.1, 0.15) is 17.9 Å². The highest BCUT2D eigenvalue weighted by molar-refractivity contribution is 5.10. The van der Waals surface area contributed by atoms with Gasteiger partial charge in [-0.15, -0.1) is 0 Å². The van der Waals surface area contributed by atoms with E-state index in [0.717, 1.165) is 29.3 Å².